The Morgan fingerprint density at radius 2 is 1.28 bits per heavy atom. The highest BCUT2D eigenvalue weighted by molar-refractivity contribution is 5.79. The average Bonchev–Trinajstić information content (AvgIpc) is 2.88. The van der Waals surface area contributed by atoms with E-state index in [2.05, 4.69) is 0 Å². The number of hydrogen-bond acceptors (Lipinski definition) is 9. The number of carbonyl (C=O) groups excluding carboxylic acids is 3. The van der Waals surface area contributed by atoms with Crippen LogP contribution in [0.3, 0.4) is 0 Å². The van der Waals surface area contributed by atoms with Crippen LogP contribution in [0.25, 0.3) is 0 Å². The minimum Gasteiger partial charge on any atom is -0.480 e. The molecule has 6 unspecified atom stereocenters. The van der Waals surface area contributed by atoms with Crippen molar-refractivity contribution in [1.82, 2.24) is 0 Å². The molecule has 10 heteroatoms. The van der Waals surface area contributed by atoms with Crippen LogP contribution < -0.4 is 15.2 Å². The fourth-order valence-corrected chi connectivity index (χ4v) is 3.51. The van der Waals surface area contributed by atoms with Gasteiger partial charge in [-0.3, -0.25) is 14.4 Å². The van der Waals surface area contributed by atoms with E-state index >= 15 is 0 Å². The molecule has 39 heavy (non-hydrogen) atoms. The van der Waals surface area contributed by atoms with Crippen molar-refractivity contribution in [1.29, 1.82) is 0 Å². The lowest BCUT2D eigenvalue weighted by Gasteiger charge is -2.32. The van der Waals surface area contributed by atoms with E-state index in [4.69, 9.17) is 24.7 Å². The maximum absolute atomic E-state index is 12.6. The number of ether oxygens (including phenoxy) is 4. The van der Waals surface area contributed by atoms with E-state index in [1.54, 1.807) is 40.7 Å². The molecule has 1 aromatic rings. The average molecular weight is 552 g/mol. The largest absolute Gasteiger partial charge is 0.508 e. The summed E-state index contributed by atoms with van der Waals surface area (Å²) in [5.74, 6) is -4.45. The lowest BCUT2D eigenvalue weighted by atomic mass is 9.79. The zero-order chi connectivity index (χ0) is 30.0. The van der Waals surface area contributed by atoms with Crippen LogP contribution in [0.15, 0.2) is 18.2 Å². The van der Waals surface area contributed by atoms with E-state index < -0.39 is 54.0 Å². The van der Waals surface area contributed by atoms with Gasteiger partial charge >= 0.3 is 24.1 Å². The first-order valence-electron chi connectivity index (χ1n) is 13.6. The molecule has 0 aliphatic rings. The summed E-state index contributed by atoms with van der Waals surface area (Å²) in [6, 6.07) is 3.08. The van der Waals surface area contributed by atoms with Crippen molar-refractivity contribution in [2.45, 2.75) is 99.3 Å². The standard InChI is InChI=1S/C29H45NO9/c1-10-16(5)27(33)38-22-13-12-21(14-23(22)39-28(34)17(6)11-2)24(25(30)26(31)32)18(7)20(9)37-29(35)36-19(8)15(3)4/h12-20,24-25H,10-11,30H2,1-9H3,(H,31,32)/t16?,17?,18?,19?,20?,24?,25-/m0/s1. The van der Waals surface area contributed by atoms with E-state index in [-0.39, 0.29) is 29.4 Å². The van der Waals surface area contributed by atoms with Crippen LogP contribution in [-0.4, -0.2) is 47.4 Å². The number of aliphatic carboxylic acids is 1. The molecule has 0 aliphatic heterocycles. The van der Waals surface area contributed by atoms with Gasteiger partial charge in [0.2, 0.25) is 0 Å². The quantitative estimate of drug-likeness (QED) is 0.230. The van der Waals surface area contributed by atoms with Crippen LogP contribution in [0.2, 0.25) is 0 Å². The number of carbonyl (C=O) groups is 4. The number of carboxylic acids is 1. The second kappa shape index (κ2) is 15.5. The van der Waals surface area contributed by atoms with E-state index in [1.165, 1.54) is 12.1 Å². The molecule has 0 saturated carbocycles. The molecular formula is C29H45NO9. The van der Waals surface area contributed by atoms with Crippen molar-refractivity contribution in [2.75, 3.05) is 0 Å². The van der Waals surface area contributed by atoms with Gasteiger partial charge in [-0.2, -0.15) is 0 Å². The molecule has 1 rings (SSSR count). The van der Waals surface area contributed by atoms with E-state index in [0.29, 0.717) is 18.4 Å². The normalized spacial score (nSPS) is 16.7. The highest BCUT2D eigenvalue weighted by atomic mass is 16.7. The van der Waals surface area contributed by atoms with Gasteiger partial charge in [0.25, 0.3) is 0 Å². The Hall–Kier alpha value is -3.14. The summed E-state index contributed by atoms with van der Waals surface area (Å²) in [4.78, 5) is 49.4. The van der Waals surface area contributed by atoms with Gasteiger partial charge in [0.15, 0.2) is 11.5 Å². The summed E-state index contributed by atoms with van der Waals surface area (Å²) < 4.78 is 21.9. The lowest BCUT2D eigenvalue weighted by molar-refractivity contribution is -0.141. The molecule has 0 heterocycles. The molecule has 0 radical (unpaired) electrons. The number of hydrogen-bond donors (Lipinski definition) is 2. The van der Waals surface area contributed by atoms with Gasteiger partial charge in [0.1, 0.15) is 18.2 Å². The highest BCUT2D eigenvalue weighted by Gasteiger charge is 2.36. The van der Waals surface area contributed by atoms with Crippen molar-refractivity contribution in [3.05, 3.63) is 23.8 Å². The van der Waals surface area contributed by atoms with Gasteiger partial charge in [-0.1, -0.05) is 54.5 Å². The zero-order valence-corrected chi connectivity index (χ0v) is 24.6. The fourth-order valence-electron chi connectivity index (χ4n) is 3.51. The van der Waals surface area contributed by atoms with Gasteiger partial charge in [-0.15, -0.1) is 0 Å². The first-order valence-corrected chi connectivity index (χ1v) is 13.6. The Balaban J connectivity index is 3.45. The number of nitrogens with two attached hydrogens (primary N) is 1. The molecule has 0 spiro atoms. The van der Waals surface area contributed by atoms with Crippen molar-refractivity contribution in [3.8, 4) is 11.5 Å². The third-order valence-electron chi connectivity index (χ3n) is 7.29. The Labute approximate surface area is 231 Å². The number of carboxylic acid groups (broad SMARTS) is 1. The van der Waals surface area contributed by atoms with Gasteiger partial charge in [0.05, 0.1) is 11.8 Å². The molecule has 0 bridgehead atoms. The summed E-state index contributed by atoms with van der Waals surface area (Å²) in [5, 5.41) is 9.78. The van der Waals surface area contributed by atoms with Crippen LogP contribution in [0.1, 0.15) is 86.6 Å². The summed E-state index contributed by atoms with van der Waals surface area (Å²) in [6.07, 6.45) is -0.923. The maximum Gasteiger partial charge on any atom is 0.508 e. The molecule has 220 valence electrons. The summed E-state index contributed by atoms with van der Waals surface area (Å²) in [6.45, 7) is 16.0. The second-order valence-corrected chi connectivity index (χ2v) is 10.6. The third kappa shape index (κ3) is 9.84. The van der Waals surface area contributed by atoms with Crippen molar-refractivity contribution in [2.24, 2.45) is 29.4 Å². The molecule has 3 N–H and O–H groups in total. The van der Waals surface area contributed by atoms with E-state index in [0.717, 1.165) is 0 Å². The molecule has 10 nitrogen and oxygen atoms in total. The first-order chi connectivity index (χ1) is 18.1. The Morgan fingerprint density at radius 3 is 1.74 bits per heavy atom. The van der Waals surface area contributed by atoms with Crippen molar-refractivity contribution < 1.29 is 43.2 Å². The Morgan fingerprint density at radius 1 is 0.795 bits per heavy atom. The summed E-state index contributed by atoms with van der Waals surface area (Å²) >= 11 is 0. The summed E-state index contributed by atoms with van der Waals surface area (Å²) in [5.41, 5.74) is 6.53. The van der Waals surface area contributed by atoms with Crippen LogP contribution in [-0.2, 0) is 23.9 Å². The molecule has 0 saturated heterocycles. The highest BCUT2D eigenvalue weighted by Crippen LogP contribution is 2.38. The van der Waals surface area contributed by atoms with Gasteiger partial charge in [0, 0.05) is 11.8 Å². The molecule has 0 aliphatic carbocycles. The van der Waals surface area contributed by atoms with Crippen LogP contribution >= 0.6 is 0 Å². The smallest absolute Gasteiger partial charge is 0.480 e. The van der Waals surface area contributed by atoms with Crippen LogP contribution in [0.5, 0.6) is 11.5 Å². The fraction of sp³-hybridized carbons (Fsp3) is 0.655. The van der Waals surface area contributed by atoms with Crippen molar-refractivity contribution in [3.63, 3.8) is 0 Å². The maximum atomic E-state index is 12.6. The second-order valence-electron chi connectivity index (χ2n) is 10.6. The number of esters is 2. The Bertz CT molecular complexity index is 993. The van der Waals surface area contributed by atoms with E-state index in [1.807, 2.05) is 27.7 Å². The molecule has 1 aromatic carbocycles. The number of benzene rings is 1. The molecule has 7 atom stereocenters. The number of rotatable bonds is 14. The monoisotopic (exact) mass is 551 g/mol. The van der Waals surface area contributed by atoms with Crippen molar-refractivity contribution >= 4 is 24.1 Å². The molecule has 0 fully saturated rings. The predicted molar refractivity (Wildman–Crippen MR) is 145 cm³/mol. The molecular weight excluding hydrogens is 506 g/mol. The third-order valence-corrected chi connectivity index (χ3v) is 7.29. The van der Waals surface area contributed by atoms with Gasteiger partial charge < -0.3 is 29.8 Å². The van der Waals surface area contributed by atoms with E-state index in [9.17, 15) is 24.3 Å². The molecule has 0 aromatic heterocycles. The Kier molecular flexibility index (Phi) is 13.4. The minimum absolute atomic E-state index is 0.0250. The summed E-state index contributed by atoms with van der Waals surface area (Å²) in [7, 11) is 0. The van der Waals surface area contributed by atoms with Gasteiger partial charge in [-0.25, -0.2) is 4.79 Å². The van der Waals surface area contributed by atoms with Crippen LogP contribution in [0.4, 0.5) is 4.79 Å². The zero-order valence-electron chi connectivity index (χ0n) is 24.6. The topological polar surface area (TPSA) is 151 Å². The lowest BCUT2D eigenvalue weighted by Crippen LogP contribution is -2.43. The van der Waals surface area contributed by atoms with Crippen LogP contribution in [0, 0.1) is 23.7 Å². The SMILES string of the molecule is CCC(C)C(=O)Oc1ccc(C(C(C)C(C)OC(=O)OC(C)C(C)C)[C@H](N)C(=O)O)cc1OC(=O)C(C)CC. The van der Waals surface area contributed by atoms with Gasteiger partial charge in [-0.05, 0) is 50.3 Å². The predicted octanol–water partition coefficient (Wildman–Crippen LogP) is 5.31. The minimum atomic E-state index is -1.39. The molecule has 0 amide bonds. The first kappa shape index (κ1) is 33.9.